The van der Waals surface area contributed by atoms with Gasteiger partial charge in [0.05, 0.1) is 27.8 Å². The van der Waals surface area contributed by atoms with Gasteiger partial charge >= 0.3 is 0 Å². The summed E-state index contributed by atoms with van der Waals surface area (Å²) in [5.74, 6) is 0. The van der Waals surface area contributed by atoms with Gasteiger partial charge in [0.1, 0.15) is 0 Å². The number of para-hydroxylation sites is 2. The van der Waals surface area contributed by atoms with Crippen LogP contribution in [0.5, 0.6) is 0 Å². The van der Waals surface area contributed by atoms with Crippen LogP contribution in [0.15, 0.2) is 140 Å². The molecule has 0 aliphatic heterocycles. The van der Waals surface area contributed by atoms with Gasteiger partial charge in [0.15, 0.2) is 0 Å². The summed E-state index contributed by atoms with van der Waals surface area (Å²) in [4.78, 5) is 10.1. The average molecular weight is 588 g/mol. The molecule has 3 heteroatoms. The summed E-state index contributed by atoms with van der Waals surface area (Å²) in [6.07, 6.45) is 1.87. The Labute approximate surface area is 266 Å². The zero-order valence-corrected chi connectivity index (χ0v) is 25.6. The Kier molecular flexibility index (Phi) is 5.06. The summed E-state index contributed by atoms with van der Waals surface area (Å²) < 4.78 is 2.41. The van der Waals surface area contributed by atoms with Gasteiger partial charge in [-0.05, 0) is 70.8 Å². The summed E-state index contributed by atoms with van der Waals surface area (Å²) in [6, 6.07) is 48.4. The van der Waals surface area contributed by atoms with E-state index in [0.717, 1.165) is 43.8 Å². The smallest absolute Gasteiger partial charge is 0.0795 e. The normalized spacial score (nSPS) is 13.6. The Morgan fingerprint density at radius 3 is 1.78 bits per heavy atom. The highest BCUT2D eigenvalue weighted by atomic mass is 15.0. The summed E-state index contributed by atoms with van der Waals surface area (Å²) >= 11 is 0. The number of rotatable bonds is 2. The molecule has 0 amide bonds. The predicted molar refractivity (Wildman–Crippen MR) is 192 cm³/mol. The molecule has 3 heterocycles. The molecule has 3 nitrogen and oxygen atoms in total. The minimum absolute atomic E-state index is 0.166. The molecule has 0 fully saturated rings. The van der Waals surface area contributed by atoms with E-state index in [4.69, 9.17) is 9.97 Å². The molecule has 10 rings (SSSR count). The number of nitrogens with zero attached hydrogens (tertiary/aromatic N) is 3. The largest absolute Gasteiger partial charge is 0.309 e. The van der Waals surface area contributed by atoms with Gasteiger partial charge in [-0.15, -0.1) is 0 Å². The maximum Gasteiger partial charge on any atom is 0.0795 e. The number of hydrogen-bond donors (Lipinski definition) is 0. The van der Waals surface area contributed by atoms with Crippen molar-refractivity contribution in [2.75, 3.05) is 0 Å². The van der Waals surface area contributed by atoms with E-state index in [1.807, 2.05) is 12.3 Å². The third-order valence-electron chi connectivity index (χ3n) is 10.2. The molecular formula is C43H29N3. The second kappa shape index (κ2) is 9.12. The monoisotopic (exact) mass is 587 g/mol. The van der Waals surface area contributed by atoms with Crippen molar-refractivity contribution in [3.63, 3.8) is 0 Å². The van der Waals surface area contributed by atoms with Gasteiger partial charge in [0, 0.05) is 55.2 Å². The van der Waals surface area contributed by atoms with Gasteiger partial charge in [0.2, 0.25) is 0 Å². The van der Waals surface area contributed by atoms with Crippen LogP contribution in [-0.2, 0) is 5.41 Å². The zero-order valence-electron chi connectivity index (χ0n) is 25.6. The summed E-state index contributed by atoms with van der Waals surface area (Å²) in [5.41, 5.74) is 13.0. The van der Waals surface area contributed by atoms with E-state index in [-0.39, 0.29) is 5.41 Å². The first-order valence-corrected chi connectivity index (χ1v) is 15.9. The number of aromatic nitrogens is 3. The molecule has 0 spiro atoms. The van der Waals surface area contributed by atoms with Gasteiger partial charge in [-0.3, -0.25) is 4.98 Å². The third kappa shape index (κ3) is 3.37. The van der Waals surface area contributed by atoms with Crippen molar-refractivity contribution in [2.24, 2.45) is 0 Å². The molecule has 3 aromatic heterocycles. The predicted octanol–water partition coefficient (Wildman–Crippen LogP) is 11.0. The first-order valence-electron chi connectivity index (χ1n) is 15.9. The van der Waals surface area contributed by atoms with E-state index in [1.165, 1.54) is 49.7 Å². The lowest BCUT2D eigenvalue weighted by Crippen LogP contribution is -2.15. The average Bonchev–Trinajstić information content (AvgIpc) is 3.56. The van der Waals surface area contributed by atoms with Crippen LogP contribution in [0.2, 0.25) is 0 Å². The van der Waals surface area contributed by atoms with Gasteiger partial charge in [-0.25, -0.2) is 4.98 Å². The van der Waals surface area contributed by atoms with E-state index < -0.39 is 0 Å². The van der Waals surface area contributed by atoms with Crippen molar-refractivity contribution in [3.05, 3.63) is 151 Å². The molecule has 0 radical (unpaired) electrons. The first-order chi connectivity index (χ1) is 22.6. The van der Waals surface area contributed by atoms with Gasteiger partial charge in [-0.2, -0.15) is 0 Å². The number of benzene rings is 6. The molecule has 1 aliphatic rings. The summed E-state index contributed by atoms with van der Waals surface area (Å²) in [5, 5.41) is 7.12. The molecule has 6 aromatic carbocycles. The second-order valence-electron chi connectivity index (χ2n) is 13.0. The first kappa shape index (κ1) is 25.5. The van der Waals surface area contributed by atoms with Gasteiger partial charge < -0.3 is 4.57 Å². The van der Waals surface area contributed by atoms with Crippen LogP contribution < -0.4 is 0 Å². The lowest BCUT2D eigenvalue weighted by Gasteiger charge is -2.23. The second-order valence-corrected chi connectivity index (χ2v) is 13.0. The standard InChI is InChI=1S/C43H29N3/c1-43(2)36-24-26(38-22-21-35-33-14-9-23-44-41(33)32-12-3-4-13-34(32)42(35)45-38)17-19-28(36)29-20-18-27(25-37(29)43)46-39-15-7-5-10-30(39)31-11-6-8-16-40(31)46/h3-25H,1-2H3. The van der Waals surface area contributed by atoms with Gasteiger partial charge in [-0.1, -0.05) is 98.8 Å². The summed E-state index contributed by atoms with van der Waals surface area (Å²) in [7, 11) is 0. The Morgan fingerprint density at radius 1 is 0.500 bits per heavy atom. The molecule has 1 aliphatic carbocycles. The zero-order chi connectivity index (χ0) is 30.6. The molecule has 0 unspecified atom stereocenters. The molecule has 0 N–H and O–H groups in total. The van der Waals surface area contributed by atoms with Crippen LogP contribution in [0.1, 0.15) is 25.0 Å². The van der Waals surface area contributed by atoms with Crippen molar-refractivity contribution in [1.82, 2.24) is 14.5 Å². The minimum Gasteiger partial charge on any atom is -0.309 e. The van der Waals surface area contributed by atoms with Crippen LogP contribution in [0, 0.1) is 0 Å². The molecule has 0 bridgehead atoms. The van der Waals surface area contributed by atoms with E-state index in [1.54, 1.807) is 0 Å². The SMILES string of the molecule is CC1(C)c2cc(-c3ccc4c5cccnc5c5ccccc5c4n3)ccc2-c2ccc(-n3c4ccccc4c4ccccc43)cc21. The van der Waals surface area contributed by atoms with Crippen molar-refractivity contribution in [3.8, 4) is 28.1 Å². The van der Waals surface area contributed by atoms with Gasteiger partial charge in [0.25, 0.3) is 0 Å². The van der Waals surface area contributed by atoms with Crippen LogP contribution in [0.4, 0.5) is 0 Å². The number of fused-ring (bicyclic) bond motifs is 12. The molecule has 216 valence electrons. The van der Waals surface area contributed by atoms with Crippen molar-refractivity contribution in [1.29, 1.82) is 0 Å². The molecular weight excluding hydrogens is 558 g/mol. The maximum atomic E-state index is 5.32. The van der Waals surface area contributed by atoms with Crippen molar-refractivity contribution < 1.29 is 0 Å². The van der Waals surface area contributed by atoms with Crippen LogP contribution in [-0.4, -0.2) is 14.5 Å². The van der Waals surface area contributed by atoms with Crippen molar-refractivity contribution in [2.45, 2.75) is 19.3 Å². The Morgan fingerprint density at radius 2 is 1.07 bits per heavy atom. The van der Waals surface area contributed by atoms with Crippen LogP contribution >= 0.6 is 0 Å². The topological polar surface area (TPSA) is 30.7 Å². The van der Waals surface area contributed by atoms with E-state index in [2.05, 4.69) is 146 Å². The third-order valence-corrected chi connectivity index (χ3v) is 10.2. The highest BCUT2D eigenvalue weighted by Crippen LogP contribution is 2.50. The molecule has 0 atom stereocenters. The summed E-state index contributed by atoms with van der Waals surface area (Å²) in [6.45, 7) is 4.72. The van der Waals surface area contributed by atoms with E-state index in [9.17, 15) is 0 Å². The Hall–Kier alpha value is -5.80. The fraction of sp³-hybridized carbons (Fsp3) is 0.0698. The van der Waals surface area contributed by atoms with E-state index >= 15 is 0 Å². The Bertz CT molecular complexity index is 2640. The quantitative estimate of drug-likeness (QED) is 0.188. The highest BCUT2D eigenvalue weighted by Gasteiger charge is 2.36. The lowest BCUT2D eigenvalue weighted by atomic mass is 9.81. The molecule has 9 aromatic rings. The highest BCUT2D eigenvalue weighted by molar-refractivity contribution is 6.23. The van der Waals surface area contributed by atoms with Crippen LogP contribution in [0.25, 0.3) is 82.5 Å². The number of pyridine rings is 2. The van der Waals surface area contributed by atoms with Crippen molar-refractivity contribution >= 4 is 54.4 Å². The maximum absolute atomic E-state index is 5.32. The van der Waals surface area contributed by atoms with E-state index in [0.29, 0.717) is 0 Å². The molecule has 0 saturated heterocycles. The number of hydrogen-bond acceptors (Lipinski definition) is 2. The fourth-order valence-electron chi connectivity index (χ4n) is 8.00. The van der Waals surface area contributed by atoms with Crippen LogP contribution in [0.3, 0.4) is 0 Å². The lowest BCUT2D eigenvalue weighted by molar-refractivity contribution is 0.660. The fourth-order valence-corrected chi connectivity index (χ4v) is 8.00. The Balaban J connectivity index is 1.13. The molecule has 46 heavy (non-hydrogen) atoms. The molecule has 0 saturated carbocycles. The minimum atomic E-state index is -0.166.